The molecular weight excluding hydrogens is 260 g/mol. The van der Waals surface area contributed by atoms with Gasteiger partial charge in [-0.3, -0.25) is 4.79 Å². The first-order valence-corrected chi connectivity index (χ1v) is 7.30. The van der Waals surface area contributed by atoms with Crippen molar-refractivity contribution in [3.63, 3.8) is 0 Å². The van der Waals surface area contributed by atoms with Gasteiger partial charge >= 0.3 is 12.0 Å². The highest BCUT2D eigenvalue weighted by Crippen LogP contribution is 2.28. The number of urea groups is 1. The van der Waals surface area contributed by atoms with E-state index in [2.05, 4.69) is 5.32 Å². The van der Waals surface area contributed by atoms with Crippen LogP contribution in [0.4, 0.5) is 4.79 Å². The van der Waals surface area contributed by atoms with Gasteiger partial charge in [0.05, 0.1) is 12.0 Å². The van der Waals surface area contributed by atoms with Crippen LogP contribution in [0.25, 0.3) is 0 Å². The van der Waals surface area contributed by atoms with Gasteiger partial charge in [-0.1, -0.05) is 0 Å². The van der Waals surface area contributed by atoms with Crippen molar-refractivity contribution in [3.05, 3.63) is 0 Å². The molecule has 0 radical (unpaired) electrons. The van der Waals surface area contributed by atoms with E-state index in [0.717, 1.165) is 12.8 Å². The highest BCUT2D eigenvalue weighted by atomic mass is 16.4. The Labute approximate surface area is 120 Å². The van der Waals surface area contributed by atoms with E-state index in [1.807, 2.05) is 0 Å². The Bertz CT molecular complexity index is 325. The third kappa shape index (κ3) is 5.77. The molecule has 1 fully saturated rings. The topological polar surface area (TPSA) is 89.9 Å². The van der Waals surface area contributed by atoms with Crippen LogP contribution in [0.3, 0.4) is 0 Å². The van der Waals surface area contributed by atoms with Crippen molar-refractivity contribution >= 4 is 12.0 Å². The molecule has 0 bridgehead atoms. The molecule has 6 nitrogen and oxygen atoms in total. The zero-order valence-corrected chi connectivity index (χ0v) is 12.3. The zero-order chi connectivity index (χ0) is 15.1. The first kappa shape index (κ1) is 16.8. The third-order valence-electron chi connectivity index (χ3n) is 3.97. The summed E-state index contributed by atoms with van der Waals surface area (Å²) in [6, 6.07) is -0.133. The second kappa shape index (κ2) is 8.09. The van der Waals surface area contributed by atoms with Crippen molar-refractivity contribution in [1.82, 2.24) is 10.2 Å². The molecule has 0 aromatic heterocycles. The maximum atomic E-state index is 11.8. The average molecular weight is 286 g/mol. The Balaban J connectivity index is 2.20. The summed E-state index contributed by atoms with van der Waals surface area (Å²) in [6.45, 7) is 2.83. The monoisotopic (exact) mass is 286 g/mol. The van der Waals surface area contributed by atoms with Crippen molar-refractivity contribution in [3.8, 4) is 0 Å². The molecule has 1 saturated carbocycles. The van der Waals surface area contributed by atoms with Crippen LogP contribution in [-0.2, 0) is 4.79 Å². The van der Waals surface area contributed by atoms with E-state index in [1.165, 1.54) is 0 Å². The predicted octanol–water partition coefficient (Wildman–Crippen LogP) is 1.29. The van der Waals surface area contributed by atoms with Gasteiger partial charge in [-0.05, 0) is 44.9 Å². The molecule has 1 aliphatic rings. The number of carboxylic acids is 1. The highest BCUT2D eigenvalue weighted by Gasteiger charge is 2.26. The van der Waals surface area contributed by atoms with Gasteiger partial charge in [-0.15, -0.1) is 0 Å². The van der Waals surface area contributed by atoms with E-state index in [1.54, 1.807) is 18.9 Å². The Kier molecular flexibility index (Phi) is 6.78. The lowest BCUT2D eigenvalue weighted by atomic mass is 9.82. The average Bonchev–Trinajstić information content (AvgIpc) is 2.42. The minimum Gasteiger partial charge on any atom is -0.481 e. The van der Waals surface area contributed by atoms with E-state index in [4.69, 9.17) is 5.11 Å². The van der Waals surface area contributed by atoms with Gasteiger partial charge in [0, 0.05) is 20.1 Å². The van der Waals surface area contributed by atoms with Crippen molar-refractivity contribution in [2.75, 3.05) is 20.1 Å². The molecule has 6 heteroatoms. The number of rotatable bonds is 6. The van der Waals surface area contributed by atoms with Crippen molar-refractivity contribution in [2.24, 2.45) is 11.8 Å². The van der Waals surface area contributed by atoms with E-state index < -0.39 is 12.1 Å². The molecule has 20 heavy (non-hydrogen) atoms. The number of aliphatic hydroxyl groups is 1. The number of carbonyl (C=O) groups excluding carboxylic acids is 1. The number of nitrogens with one attached hydrogen (secondary N) is 1. The van der Waals surface area contributed by atoms with Crippen molar-refractivity contribution < 1.29 is 19.8 Å². The molecule has 0 aromatic carbocycles. The molecule has 0 heterocycles. The van der Waals surface area contributed by atoms with E-state index in [-0.39, 0.29) is 11.9 Å². The van der Waals surface area contributed by atoms with Crippen LogP contribution in [0.2, 0.25) is 0 Å². The molecule has 3 N–H and O–H groups in total. The van der Waals surface area contributed by atoms with Crippen LogP contribution in [0, 0.1) is 11.8 Å². The van der Waals surface area contributed by atoms with Crippen LogP contribution >= 0.6 is 0 Å². The number of aliphatic hydroxyl groups excluding tert-OH is 1. The lowest BCUT2D eigenvalue weighted by molar-refractivity contribution is -0.143. The quantitative estimate of drug-likeness (QED) is 0.686. The minimum atomic E-state index is -0.703. The van der Waals surface area contributed by atoms with Gasteiger partial charge in [0.15, 0.2) is 0 Å². The Morgan fingerprint density at radius 3 is 2.40 bits per heavy atom. The molecule has 0 aromatic rings. The summed E-state index contributed by atoms with van der Waals surface area (Å²) in [4.78, 5) is 24.2. The Morgan fingerprint density at radius 2 is 1.90 bits per heavy atom. The Hall–Kier alpha value is -1.30. The van der Waals surface area contributed by atoms with Crippen LogP contribution in [0.1, 0.15) is 39.0 Å². The normalized spacial score (nSPS) is 23.9. The maximum Gasteiger partial charge on any atom is 0.317 e. The molecule has 0 spiro atoms. The molecule has 2 amide bonds. The third-order valence-corrected chi connectivity index (χ3v) is 3.97. The standard InChI is InChI=1S/C14H26N2O4/c1-10(17)7-8-16(2)14(20)15-9-11-3-5-12(6-4-11)13(18)19/h10-12,17H,3-9H2,1-2H3,(H,15,20)(H,18,19). The number of nitrogens with zero attached hydrogens (tertiary/aromatic N) is 1. The molecular formula is C14H26N2O4. The summed E-state index contributed by atoms with van der Waals surface area (Å²) in [6.07, 6.45) is 3.27. The summed E-state index contributed by atoms with van der Waals surface area (Å²) < 4.78 is 0. The van der Waals surface area contributed by atoms with Gasteiger partial charge < -0.3 is 20.4 Å². The predicted molar refractivity (Wildman–Crippen MR) is 75.4 cm³/mol. The first-order valence-electron chi connectivity index (χ1n) is 7.30. The number of hydrogen-bond donors (Lipinski definition) is 3. The fourth-order valence-electron chi connectivity index (χ4n) is 2.46. The van der Waals surface area contributed by atoms with Crippen molar-refractivity contribution in [1.29, 1.82) is 0 Å². The largest absolute Gasteiger partial charge is 0.481 e. The van der Waals surface area contributed by atoms with Gasteiger partial charge in [0.1, 0.15) is 0 Å². The van der Waals surface area contributed by atoms with Gasteiger partial charge in [-0.2, -0.15) is 0 Å². The molecule has 1 aliphatic carbocycles. The van der Waals surface area contributed by atoms with Gasteiger partial charge in [0.25, 0.3) is 0 Å². The fraction of sp³-hybridized carbons (Fsp3) is 0.857. The second-order valence-corrected chi connectivity index (χ2v) is 5.80. The SMILES string of the molecule is CC(O)CCN(C)C(=O)NCC1CCC(C(=O)O)CC1. The number of amides is 2. The van der Waals surface area contributed by atoms with Crippen molar-refractivity contribution in [2.45, 2.75) is 45.1 Å². The molecule has 116 valence electrons. The van der Waals surface area contributed by atoms with Crippen LogP contribution in [-0.4, -0.2) is 53.4 Å². The zero-order valence-electron chi connectivity index (χ0n) is 12.3. The summed E-state index contributed by atoms with van der Waals surface area (Å²) in [5.74, 6) is -0.541. The molecule has 0 aliphatic heterocycles. The Morgan fingerprint density at radius 1 is 1.30 bits per heavy atom. The summed E-state index contributed by atoms with van der Waals surface area (Å²) >= 11 is 0. The lowest BCUT2D eigenvalue weighted by Crippen LogP contribution is -2.41. The van der Waals surface area contributed by atoms with Crippen LogP contribution in [0.5, 0.6) is 0 Å². The number of hydrogen-bond acceptors (Lipinski definition) is 3. The van der Waals surface area contributed by atoms with Gasteiger partial charge in [-0.25, -0.2) is 4.79 Å². The number of aliphatic carboxylic acids is 1. The van der Waals surface area contributed by atoms with E-state index in [0.29, 0.717) is 38.3 Å². The molecule has 1 rings (SSSR count). The molecule has 1 unspecified atom stereocenters. The van der Waals surface area contributed by atoms with E-state index in [9.17, 15) is 14.7 Å². The highest BCUT2D eigenvalue weighted by molar-refractivity contribution is 5.73. The smallest absolute Gasteiger partial charge is 0.317 e. The molecule has 1 atom stereocenters. The summed E-state index contributed by atoms with van der Waals surface area (Å²) in [7, 11) is 1.71. The summed E-state index contributed by atoms with van der Waals surface area (Å²) in [5.41, 5.74) is 0. The number of carboxylic acid groups (broad SMARTS) is 1. The van der Waals surface area contributed by atoms with Gasteiger partial charge in [0.2, 0.25) is 0 Å². The van der Waals surface area contributed by atoms with E-state index >= 15 is 0 Å². The lowest BCUT2D eigenvalue weighted by Gasteiger charge is -2.27. The minimum absolute atomic E-state index is 0.133. The first-order chi connectivity index (χ1) is 9.40. The maximum absolute atomic E-state index is 11.8. The molecule has 0 saturated heterocycles. The van der Waals surface area contributed by atoms with Crippen LogP contribution in [0.15, 0.2) is 0 Å². The number of carbonyl (C=O) groups is 2. The van der Waals surface area contributed by atoms with Crippen LogP contribution < -0.4 is 5.32 Å². The fourth-order valence-corrected chi connectivity index (χ4v) is 2.46. The summed E-state index contributed by atoms with van der Waals surface area (Å²) in [5, 5.41) is 21.0. The second-order valence-electron chi connectivity index (χ2n) is 5.80.